The Labute approximate surface area is 120 Å². The summed E-state index contributed by atoms with van der Waals surface area (Å²) in [4.78, 5) is 30.4. The molecule has 0 amide bonds. The van der Waals surface area contributed by atoms with Crippen LogP contribution in [0.25, 0.3) is 0 Å². The lowest BCUT2D eigenvalue weighted by Gasteiger charge is -2.09. The number of hydrogen-bond donors (Lipinski definition) is 0. The van der Waals surface area contributed by atoms with Gasteiger partial charge in [0, 0.05) is 11.1 Å². The van der Waals surface area contributed by atoms with Crippen molar-refractivity contribution < 1.29 is 45.6 Å². The Morgan fingerprint density at radius 2 is 1.62 bits per heavy atom. The molecule has 0 aliphatic carbocycles. The third-order valence-electron chi connectivity index (χ3n) is 1.72. The van der Waals surface area contributed by atoms with Gasteiger partial charge in [-0.05, 0) is 13.8 Å². The van der Waals surface area contributed by atoms with Gasteiger partial charge >= 0.3 is 28.5 Å². The Bertz CT molecular complexity index is 571. The highest BCUT2D eigenvalue weighted by Gasteiger charge is 2.61. The Balaban J connectivity index is 2.49. The van der Waals surface area contributed by atoms with Crippen molar-refractivity contribution in [3.63, 3.8) is 0 Å². The molecule has 0 radical (unpaired) electrons. The van der Waals surface area contributed by atoms with Gasteiger partial charge in [0.1, 0.15) is 0 Å². The quantitative estimate of drug-likeness (QED) is 0.198. The summed E-state index contributed by atoms with van der Waals surface area (Å²) in [7, 11) is -4.73. The van der Waals surface area contributed by atoms with Crippen LogP contribution in [-0.2, 0) is 47.6 Å². The molecule has 118 valence electrons. The minimum absolute atomic E-state index is 0.0395. The van der Waals surface area contributed by atoms with Gasteiger partial charge < -0.3 is 9.47 Å². The fourth-order valence-electron chi connectivity index (χ4n) is 0.722. The molecule has 0 bridgehead atoms. The summed E-state index contributed by atoms with van der Waals surface area (Å²) in [6, 6.07) is 0. The van der Waals surface area contributed by atoms with Crippen molar-refractivity contribution in [2.75, 3.05) is 6.79 Å². The zero-order valence-corrected chi connectivity index (χ0v) is 11.9. The van der Waals surface area contributed by atoms with E-state index < -0.39 is 35.3 Å². The van der Waals surface area contributed by atoms with Crippen LogP contribution < -0.4 is 0 Å². The minimum Gasteiger partial charge on any atom is -0.434 e. The SMILES string of the molecule is C=C(C)C(=O)OCOS(=O)(=O)OC1(OC(=O)C(=C)C)OO1. The predicted octanol–water partition coefficient (Wildman–Crippen LogP) is 0.0336. The van der Waals surface area contributed by atoms with E-state index in [-0.39, 0.29) is 11.1 Å². The molecule has 0 aromatic carbocycles. The maximum Gasteiger partial charge on any atom is 0.533 e. The maximum absolute atomic E-state index is 11.4. The molecule has 0 N–H and O–H groups in total. The maximum atomic E-state index is 11.4. The van der Waals surface area contributed by atoms with Gasteiger partial charge in [0.05, 0.1) is 0 Å². The molecule has 0 atom stereocenters. The molecule has 0 spiro atoms. The molecule has 1 fully saturated rings. The van der Waals surface area contributed by atoms with Crippen molar-refractivity contribution in [1.29, 1.82) is 0 Å². The molecule has 1 rings (SSSR count). The molecule has 0 aromatic rings. The van der Waals surface area contributed by atoms with E-state index in [4.69, 9.17) is 0 Å². The Morgan fingerprint density at radius 3 is 2.05 bits per heavy atom. The number of esters is 2. The second-order valence-electron chi connectivity index (χ2n) is 3.78. The Hall–Kier alpha value is -1.79. The highest BCUT2D eigenvalue weighted by atomic mass is 32.3. The van der Waals surface area contributed by atoms with Gasteiger partial charge in [0.2, 0.25) is 6.79 Å². The molecule has 1 aliphatic rings. The molecule has 1 saturated heterocycles. The van der Waals surface area contributed by atoms with Crippen molar-refractivity contribution in [3.05, 3.63) is 24.3 Å². The first kappa shape index (κ1) is 17.3. The summed E-state index contributed by atoms with van der Waals surface area (Å²) in [5.74, 6) is -1.89. The molecule has 11 heteroatoms. The standard InChI is InChI=1S/C10H12O10S/c1-6(2)8(11)15-5-16-21(13,14)20-10(18-19-10)17-9(12)7(3)4/h1,3,5H2,2,4H3. The molecule has 10 nitrogen and oxygen atoms in total. The van der Waals surface area contributed by atoms with Gasteiger partial charge in [-0.25, -0.2) is 13.8 Å². The van der Waals surface area contributed by atoms with E-state index in [0.717, 1.165) is 0 Å². The molecule has 0 saturated carbocycles. The second-order valence-corrected chi connectivity index (χ2v) is 4.99. The van der Waals surface area contributed by atoms with Gasteiger partial charge in [0.15, 0.2) is 0 Å². The van der Waals surface area contributed by atoms with Crippen molar-refractivity contribution in [2.45, 2.75) is 20.0 Å². The average molecular weight is 324 g/mol. The fraction of sp³-hybridized carbons (Fsp3) is 0.400. The van der Waals surface area contributed by atoms with E-state index in [9.17, 15) is 18.0 Å². The lowest BCUT2D eigenvalue weighted by atomic mass is 10.4. The molecule has 0 aromatic heterocycles. The minimum atomic E-state index is -4.73. The number of hydrogen-bond acceptors (Lipinski definition) is 10. The molecular formula is C10H12O10S. The van der Waals surface area contributed by atoms with Crippen LogP contribution in [-0.4, -0.2) is 33.3 Å². The second kappa shape index (κ2) is 6.32. The third-order valence-corrected chi connectivity index (χ3v) is 2.51. The van der Waals surface area contributed by atoms with Crippen molar-refractivity contribution >= 4 is 22.3 Å². The summed E-state index contributed by atoms with van der Waals surface area (Å²) in [6.45, 7) is 8.22. The average Bonchev–Trinajstić information content (AvgIpc) is 3.06. The van der Waals surface area contributed by atoms with Crippen LogP contribution in [0.1, 0.15) is 13.8 Å². The van der Waals surface area contributed by atoms with Crippen molar-refractivity contribution in [3.8, 4) is 0 Å². The van der Waals surface area contributed by atoms with E-state index in [1.165, 1.54) is 13.8 Å². The topological polar surface area (TPSA) is 130 Å². The van der Waals surface area contributed by atoms with E-state index in [1.807, 2.05) is 0 Å². The summed E-state index contributed by atoms with van der Waals surface area (Å²) < 4.78 is 39.9. The summed E-state index contributed by atoms with van der Waals surface area (Å²) >= 11 is 0. The number of rotatable bonds is 8. The number of ether oxygens (including phenoxy) is 2. The van der Waals surface area contributed by atoms with Gasteiger partial charge in [-0.1, -0.05) is 13.2 Å². The van der Waals surface area contributed by atoms with Gasteiger partial charge in [-0.2, -0.15) is 8.42 Å². The monoisotopic (exact) mass is 324 g/mol. The largest absolute Gasteiger partial charge is 0.533 e. The van der Waals surface area contributed by atoms with Crippen LogP contribution in [0.3, 0.4) is 0 Å². The summed E-state index contributed by atoms with van der Waals surface area (Å²) in [5.41, 5.74) is -0.0107. The molecule has 1 heterocycles. The smallest absolute Gasteiger partial charge is 0.434 e. The van der Waals surface area contributed by atoms with Crippen LogP contribution in [0.15, 0.2) is 24.3 Å². The predicted molar refractivity (Wildman–Crippen MR) is 62.7 cm³/mol. The van der Waals surface area contributed by atoms with Gasteiger partial charge in [-0.15, -0.1) is 14.0 Å². The van der Waals surface area contributed by atoms with Crippen LogP contribution in [0.5, 0.6) is 0 Å². The molecule has 1 aliphatic heterocycles. The van der Waals surface area contributed by atoms with E-state index in [1.54, 1.807) is 0 Å². The summed E-state index contributed by atoms with van der Waals surface area (Å²) in [5, 5.41) is 0. The van der Waals surface area contributed by atoms with Crippen LogP contribution >= 0.6 is 0 Å². The first-order valence-electron chi connectivity index (χ1n) is 5.25. The third kappa shape index (κ3) is 5.61. The molecular weight excluding hydrogens is 312 g/mol. The Kier molecular flexibility index (Phi) is 5.20. The molecule has 21 heavy (non-hydrogen) atoms. The highest BCUT2D eigenvalue weighted by molar-refractivity contribution is 7.81. The van der Waals surface area contributed by atoms with Gasteiger partial charge in [0.25, 0.3) is 0 Å². The van der Waals surface area contributed by atoms with Crippen molar-refractivity contribution in [1.82, 2.24) is 0 Å². The van der Waals surface area contributed by atoms with Crippen LogP contribution in [0, 0.1) is 0 Å². The lowest BCUT2D eigenvalue weighted by molar-refractivity contribution is -0.200. The van der Waals surface area contributed by atoms with E-state index in [2.05, 4.69) is 40.8 Å². The zero-order chi connectivity index (χ0) is 16.3. The van der Waals surface area contributed by atoms with E-state index in [0.29, 0.717) is 0 Å². The first-order valence-corrected chi connectivity index (χ1v) is 6.58. The fourth-order valence-corrected chi connectivity index (χ4v) is 1.28. The Morgan fingerprint density at radius 1 is 1.10 bits per heavy atom. The van der Waals surface area contributed by atoms with Crippen LogP contribution in [0.4, 0.5) is 0 Å². The normalized spacial score (nSPS) is 15.9. The first-order chi connectivity index (χ1) is 9.57. The summed E-state index contributed by atoms with van der Waals surface area (Å²) in [6.07, 6.45) is -2.56. The van der Waals surface area contributed by atoms with Crippen molar-refractivity contribution in [2.24, 2.45) is 0 Å². The number of carbonyl (C=O) groups excluding carboxylic acids is 2. The van der Waals surface area contributed by atoms with Gasteiger partial charge in [-0.3, -0.25) is 0 Å². The lowest BCUT2D eigenvalue weighted by Crippen LogP contribution is -2.29. The van der Waals surface area contributed by atoms with Crippen LogP contribution in [0.2, 0.25) is 0 Å². The zero-order valence-electron chi connectivity index (χ0n) is 11.1. The highest BCUT2D eigenvalue weighted by Crippen LogP contribution is 2.35. The number of carbonyl (C=O) groups is 2. The molecule has 0 unspecified atom stereocenters. The van der Waals surface area contributed by atoms with E-state index >= 15 is 0 Å².